The summed E-state index contributed by atoms with van der Waals surface area (Å²) in [4.78, 5) is 30.2. The normalized spacial score (nSPS) is 11.4. The standard InChI is InChI=1S/C26H26N4O3/c1-5-26(3,4)29-23(31)18-11-13-19(14-12-18)27-24(32)20-15-21(17-9-7-6-8-10-17)28-25-22(20)16(2)30-33-25/h6-15H,5H2,1-4H3,(H,27,32)(H,29,31). The van der Waals surface area contributed by atoms with Crippen LogP contribution in [0.2, 0.25) is 0 Å². The average Bonchev–Trinajstić information content (AvgIpc) is 3.20. The maximum atomic E-state index is 13.2. The molecule has 0 aliphatic rings. The molecule has 0 atom stereocenters. The van der Waals surface area contributed by atoms with Gasteiger partial charge in [0.1, 0.15) is 0 Å². The van der Waals surface area contributed by atoms with Gasteiger partial charge < -0.3 is 15.2 Å². The van der Waals surface area contributed by atoms with Crippen LogP contribution in [0.4, 0.5) is 5.69 Å². The monoisotopic (exact) mass is 442 g/mol. The Morgan fingerprint density at radius 1 is 1.00 bits per heavy atom. The summed E-state index contributed by atoms with van der Waals surface area (Å²) in [5.74, 6) is -0.460. The van der Waals surface area contributed by atoms with Crippen molar-refractivity contribution < 1.29 is 14.1 Å². The number of nitrogens with zero attached hydrogens (tertiary/aromatic N) is 2. The van der Waals surface area contributed by atoms with Crippen LogP contribution in [-0.4, -0.2) is 27.5 Å². The first-order valence-corrected chi connectivity index (χ1v) is 10.8. The van der Waals surface area contributed by atoms with Crippen LogP contribution in [0.25, 0.3) is 22.4 Å². The first kappa shape index (κ1) is 22.2. The predicted molar refractivity (Wildman–Crippen MR) is 128 cm³/mol. The zero-order valence-corrected chi connectivity index (χ0v) is 19.1. The number of anilines is 1. The number of pyridine rings is 1. The summed E-state index contributed by atoms with van der Waals surface area (Å²) < 4.78 is 5.36. The molecule has 0 bridgehead atoms. The Morgan fingerprint density at radius 3 is 2.36 bits per heavy atom. The molecule has 0 spiro atoms. The fourth-order valence-corrected chi connectivity index (χ4v) is 3.40. The second-order valence-electron chi connectivity index (χ2n) is 8.59. The van der Waals surface area contributed by atoms with E-state index in [2.05, 4.69) is 20.8 Å². The fraction of sp³-hybridized carbons (Fsp3) is 0.231. The Bertz CT molecular complexity index is 1310. The Morgan fingerprint density at radius 2 is 1.70 bits per heavy atom. The molecule has 7 heteroatoms. The van der Waals surface area contributed by atoms with Crippen molar-refractivity contribution in [1.82, 2.24) is 15.5 Å². The molecule has 168 valence electrons. The third-order valence-corrected chi connectivity index (χ3v) is 5.67. The van der Waals surface area contributed by atoms with Gasteiger partial charge >= 0.3 is 0 Å². The molecule has 0 radical (unpaired) electrons. The van der Waals surface area contributed by atoms with E-state index >= 15 is 0 Å². The molecule has 4 aromatic rings. The number of hydrogen-bond acceptors (Lipinski definition) is 5. The van der Waals surface area contributed by atoms with Gasteiger partial charge in [0.05, 0.1) is 22.3 Å². The van der Waals surface area contributed by atoms with E-state index in [-0.39, 0.29) is 17.4 Å². The molecule has 2 N–H and O–H groups in total. The van der Waals surface area contributed by atoms with Gasteiger partial charge in [0.25, 0.3) is 17.5 Å². The van der Waals surface area contributed by atoms with E-state index < -0.39 is 0 Å². The third kappa shape index (κ3) is 4.77. The molecule has 0 unspecified atom stereocenters. The highest BCUT2D eigenvalue weighted by molar-refractivity contribution is 6.13. The zero-order chi connectivity index (χ0) is 23.6. The quantitative estimate of drug-likeness (QED) is 0.418. The lowest BCUT2D eigenvalue weighted by Crippen LogP contribution is -2.42. The second-order valence-corrected chi connectivity index (χ2v) is 8.59. The van der Waals surface area contributed by atoms with Gasteiger partial charge in [0.2, 0.25) is 0 Å². The lowest BCUT2D eigenvalue weighted by atomic mass is 10.0. The van der Waals surface area contributed by atoms with E-state index in [1.54, 1.807) is 37.3 Å². The van der Waals surface area contributed by atoms with Crippen LogP contribution in [0, 0.1) is 6.92 Å². The van der Waals surface area contributed by atoms with Crippen molar-refractivity contribution in [3.8, 4) is 11.3 Å². The van der Waals surface area contributed by atoms with Gasteiger partial charge in [0, 0.05) is 22.4 Å². The van der Waals surface area contributed by atoms with Crippen molar-refractivity contribution in [3.63, 3.8) is 0 Å². The van der Waals surface area contributed by atoms with Crippen LogP contribution in [-0.2, 0) is 0 Å². The molecule has 33 heavy (non-hydrogen) atoms. The molecule has 7 nitrogen and oxygen atoms in total. The SMILES string of the molecule is CCC(C)(C)NC(=O)c1ccc(NC(=O)c2cc(-c3ccccc3)nc3onc(C)c23)cc1. The molecule has 0 saturated heterocycles. The number of nitrogens with one attached hydrogen (secondary N) is 2. The summed E-state index contributed by atoms with van der Waals surface area (Å²) in [6.07, 6.45) is 0.820. The highest BCUT2D eigenvalue weighted by Crippen LogP contribution is 2.27. The maximum Gasteiger partial charge on any atom is 0.259 e. The number of carbonyl (C=O) groups is 2. The molecule has 0 aliphatic carbocycles. The van der Waals surface area contributed by atoms with Gasteiger partial charge in [0.15, 0.2) is 0 Å². The molecule has 0 saturated carbocycles. The molecular weight excluding hydrogens is 416 g/mol. The first-order valence-electron chi connectivity index (χ1n) is 10.8. The predicted octanol–water partition coefficient (Wildman–Crippen LogP) is 5.37. The fourth-order valence-electron chi connectivity index (χ4n) is 3.40. The minimum absolute atomic E-state index is 0.150. The Balaban J connectivity index is 1.60. The van der Waals surface area contributed by atoms with Gasteiger partial charge in [-0.1, -0.05) is 42.4 Å². The molecular formula is C26H26N4O3. The molecule has 0 fully saturated rings. The van der Waals surface area contributed by atoms with Gasteiger partial charge in [-0.3, -0.25) is 9.59 Å². The third-order valence-electron chi connectivity index (χ3n) is 5.67. The van der Waals surface area contributed by atoms with Crippen molar-refractivity contribution in [1.29, 1.82) is 0 Å². The summed E-state index contributed by atoms with van der Waals surface area (Å²) >= 11 is 0. The Hall–Kier alpha value is -4.00. The summed E-state index contributed by atoms with van der Waals surface area (Å²) in [7, 11) is 0. The number of fused-ring (bicyclic) bond motifs is 1. The number of carbonyl (C=O) groups excluding carboxylic acids is 2. The zero-order valence-electron chi connectivity index (χ0n) is 19.1. The van der Waals surface area contributed by atoms with Gasteiger partial charge in [-0.2, -0.15) is 0 Å². The molecule has 2 aromatic heterocycles. The van der Waals surface area contributed by atoms with E-state index in [1.165, 1.54) is 0 Å². The number of benzene rings is 2. The van der Waals surface area contributed by atoms with Crippen LogP contribution in [0.1, 0.15) is 53.6 Å². The average molecular weight is 443 g/mol. The first-order chi connectivity index (χ1) is 15.8. The highest BCUT2D eigenvalue weighted by Gasteiger charge is 2.21. The van der Waals surface area contributed by atoms with Crippen molar-refractivity contribution in [3.05, 3.63) is 77.5 Å². The van der Waals surface area contributed by atoms with Crippen molar-refractivity contribution in [2.24, 2.45) is 0 Å². The van der Waals surface area contributed by atoms with Gasteiger partial charge in [-0.15, -0.1) is 0 Å². The molecule has 2 amide bonds. The van der Waals surface area contributed by atoms with Crippen LogP contribution < -0.4 is 10.6 Å². The number of aromatic nitrogens is 2. The van der Waals surface area contributed by atoms with Crippen LogP contribution >= 0.6 is 0 Å². The smallest absolute Gasteiger partial charge is 0.259 e. The molecule has 2 aromatic carbocycles. The van der Waals surface area contributed by atoms with Crippen LogP contribution in [0.15, 0.2) is 65.2 Å². The summed E-state index contributed by atoms with van der Waals surface area (Å²) in [5, 5.41) is 10.5. The van der Waals surface area contributed by atoms with E-state index in [0.29, 0.717) is 39.3 Å². The summed E-state index contributed by atoms with van der Waals surface area (Å²) in [6, 6.07) is 18.1. The van der Waals surface area contributed by atoms with Crippen LogP contribution in [0.5, 0.6) is 0 Å². The van der Waals surface area contributed by atoms with E-state index in [1.807, 2.05) is 51.1 Å². The molecule has 0 aliphatic heterocycles. The van der Waals surface area contributed by atoms with E-state index in [9.17, 15) is 9.59 Å². The Labute approximate surface area is 192 Å². The minimum Gasteiger partial charge on any atom is -0.347 e. The molecule has 2 heterocycles. The second kappa shape index (κ2) is 8.86. The summed E-state index contributed by atoms with van der Waals surface area (Å²) in [5.41, 5.74) is 3.63. The van der Waals surface area contributed by atoms with Crippen molar-refractivity contribution in [2.45, 2.75) is 39.7 Å². The van der Waals surface area contributed by atoms with Crippen molar-refractivity contribution >= 4 is 28.6 Å². The van der Waals surface area contributed by atoms with Crippen molar-refractivity contribution in [2.75, 3.05) is 5.32 Å². The van der Waals surface area contributed by atoms with Crippen LogP contribution in [0.3, 0.4) is 0 Å². The minimum atomic E-state index is -0.310. The Kier molecular flexibility index (Phi) is 5.96. The van der Waals surface area contributed by atoms with E-state index in [0.717, 1.165) is 12.0 Å². The lowest BCUT2D eigenvalue weighted by Gasteiger charge is -2.24. The lowest BCUT2D eigenvalue weighted by molar-refractivity contribution is 0.0911. The number of rotatable bonds is 6. The highest BCUT2D eigenvalue weighted by atomic mass is 16.5. The topological polar surface area (TPSA) is 97.1 Å². The van der Waals surface area contributed by atoms with Gasteiger partial charge in [-0.25, -0.2) is 4.98 Å². The maximum absolute atomic E-state index is 13.2. The summed E-state index contributed by atoms with van der Waals surface area (Å²) in [6.45, 7) is 7.75. The largest absolute Gasteiger partial charge is 0.347 e. The number of hydrogen-bond donors (Lipinski definition) is 2. The molecule has 4 rings (SSSR count). The van der Waals surface area contributed by atoms with Gasteiger partial charge in [-0.05, 0) is 57.5 Å². The van der Waals surface area contributed by atoms with E-state index in [4.69, 9.17) is 4.52 Å². The number of aryl methyl sites for hydroxylation is 1. The number of amides is 2.